The van der Waals surface area contributed by atoms with E-state index in [0.29, 0.717) is 0 Å². The molecule has 6 heteroatoms. The summed E-state index contributed by atoms with van der Waals surface area (Å²) in [6.45, 7) is 16.5. The summed E-state index contributed by atoms with van der Waals surface area (Å²) < 4.78 is 13.6. The van der Waals surface area contributed by atoms with E-state index in [-0.39, 0.29) is 16.2 Å². The van der Waals surface area contributed by atoms with Gasteiger partial charge in [-0.05, 0) is 129 Å². The zero-order valence-electron chi connectivity index (χ0n) is 43.0. The van der Waals surface area contributed by atoms with Crippen LogP contribution in [0.25, 0.3) is 112 Å². The number of furan rings is 1. The van der Waals surface area contributed by atoms with Gasteiger partial charge in [-0.1, -0.05) is 157 Å². The zero-order valence-corrected chi connectivity index (χ0v) is 44.6. The molecule has 1 aliphatic carbocycles. The summed E-state index contributed by atoms with van der Waals surface area (Å²) in [6, 6.07) is 64.4. The van der Waals surface area contributed by atoms with Crippen molar-refractivity contribution in [3.63, 3.8) is 0 Å². The monoisotopic (exact) mass is 990 g/mol. The highest BCUT2D eigenvalue weighted by Gasteiger charge is 2.38. The lowest BCUT2D eigenvalue weighted by Crippen LogP contribution is -2.37. The van der Waals surface area contributed by atoms with Crippen molar-refractivity contribution >= 4 is 126 Å². The van der Waals surface area contributed by atoms with Gasteiger partial charge in [0.05, 0.1) is 11.2 Å². The molecule has 1 N–H and O–H groups in total. The first-order chi connectivity index (χ1) is 35.8. The fourth-order valence-corrected chi connectivity index (χ4v) is 15.3. The zero-order chi connectivity index (χ0) is 50.0. The predicted molar refractivity (Wildman–Crippen MR) is 323 cm³/mol. The van der Waals surface area contributed by atoms with Crippen molar-refractivity contribution in [3.8, 4) is 38.4 Å². The van der Waals surface area contributed by atoms with Crippen LogP contribution < -0.4 is 16.2 Å². The molecule has 0 saturated carbocycles. The van der Waals surface area contributed by atoms with E-state index in [1.165, 1.54) is 123 Å². The molecule has 5 heterocycles. The van der Waals surface area contributed by atoms with Gasteiger partial charge in [0.1, 0.15) is 11.2 Å². The normalized spacial score (nSPS) is 14.9. The minimum Gasteiger partial charge on any atom is -0.456 e. The molecule has 0 bridgehead atoms. The first kappa shape index (κ1) is 44.1. The van der Waals surface area contributed by atoms with Gasteiger partial charge in [-0.3, -0.25) is 0 Å². The van der Waals surface area contributed by atoms with Gasteiger partial charge in [0, 0.05) is 90.8 Å². The molecule has 15 rings (SSSR count). The van der Waals surface area contributed by atoms with Crippen molar-refractivity contribution in [3.05, 3.63) is 187 Å². The number of aromatic nitrogens is 1. The molecule has 13 aromatic rings. The maximum absolute atomic E-state index is 6.99. The summed E-state index contributed by atoms with van der Waals surface area (Å²) in [5, 5.41) is 12.9. The van der Waals surface area contributed by atoms with E-state index in [1.54, 1.807) is 0 Å². The molecule has 2 aliphatic rings. The van der Waals surface area contributed by atoms with E-state index >= 15 is 0 Å². The van der Waals surface area contributed by atoms with E-state index < -0.39 is 0 Å². The highest BCUT2D eigenvalue weighted by molar-refractivity contribution is 7.26. The molecular formula is C68H55BN2OS2. The molecule has 9 aromatic carbocycles. The van der Waals surface area contributed by atoms with Crippen molar-refractivity contribution in [2.45, 2.75) is 77.6 Å². The van der Waals surface area contributed by atoms with Crippen molar-refractivity contribution < 1.29 is 4.42 Å². The topological polar surface area (TPSA) is 30.1 Å². The second kappa shape index (κ2) is 15.6. The number of benzene rings is 9. The number of thiophene rings is 2. The highest BCUT2D eigenvalue weighted by Crippen LogP contribution is 2.51. The Bertz CT molecular complexity index is 4500. The molecule has 0 saturated heterocycles. The van der Waals surface area contributed by atoms with Crippen LogP contribution in [-0.4, -0.2) is 11.8 Å². The van der Waals surface area contributed by atoms with Gasteiger partial charge in [0.25, 0.3) is 0 Å². The lowest BCUT2D eigenvalue weighted by atomic mass is 9.59. The van der Waals surface area contributed by atoms with Crippen LogP contribution >= 0.6 is 22.7 Å². The second-order valence-corrected chi connectivity index (χ2v) is 25.7. The first-order valence-electron chi connectivity index (χ1n) is 26.3. The van der Waals surface area contributed by atoms with Crippen LogP contribution in [0.2, 0.25) is 0 Å². The summed E-state index contributed by atoms with van der Waals surface area (Å²) >= 11 is 3.82. The van der Waals surface area contributed by atoms with Crippen molar-refractivity contribution in [2.24, 2.45) is 0 Å². The minimum absolute atomic E-state index is 0.0507. The standard InChI is InChI=1S/C68H55BN2OS2/c1-66(2,3)40-22-24-41(25-23-40)70-54-36-58-47(48-32-51-52(34-57(48)72-58)68(6,7)29-28-67(51,4)5)30-45(54)43-26-27-44-46-31-49-42-20-14-15-21-59(42)73-61(49)37-55(46)71-56-33-50-60(35-53(56)69-63(43)64(44)71)74-65(39-18-12-9-13-19-39)62(50)38-16-10-8-11-17-38/h8-27,30-37,69-70H,28-29H2,1-7H3. The number of fused-ring (bicyclic) bond motifs is 13. The SMILES string of the molecule is CC(C)(C)c1ccc(Nc2cc3oc4cc5c(cc4c3cc2-c2ccc3c4cc6c(cc4n4c3c2Bc2cc3sc(-c7ccccc7)c(-c7ccccc7)c3cc2-4)sc2ccccc26)C(C)(C)CCC5(C)C)cc1. The van der Waals surface area contributed by atoms with Gasteiger partial charge in [-0.25, -0.2) is 0 Å². The molecule has 0 spiro atoms. The number of anilines is 2. The lowest BCUT2D eigenvalue weighted by molar-refractivity contribution is 0.332. The largest absolute Gasteiger partial charge is 0.456 e. The Morgan fingerprint density at radius 1 is 0.541 bits per heavy atom. The summed E-state index contributed by atoms with van der Waals surface area (Å²) in [6.07, 6.45) is 2.32. The van der Waals surface area contributed by atoms with Crippen molar-refractivity contribution in [2.75, 3.05) is 5.32 Å². The molecule has 4 aromatic heterocycles. The molecule has 0 unspecified atom stereocenters. The number of nitrogens with one attached hydrogen (secondary N) is 1. The molecular weight excluding hydrogens is 936 g/mol. The number of hydrogen-bond donors (Lipinski definition) is 1. The predicted octanol–water partition coefficient (Wildman–Crippen LogP) is 18.4. The average Bonchev–Trinajstić information content (AvgIpc) is 4.15. The van der Waals surface area contributed by atoms with Crippen LogP contribution in [0.1, 0.15) is 78.0 Å². The van der Waals surface area contributed by atoms with Gasteiger partial charge in [0.2, 0.25) is 0 Å². The molecule has 74 heavy (non-hydrogen) atoms. The molecule has 0 fully saturated rings. The summed E-state index contributed by atoms with van der Waals surface area (Å²) in [5.74, 6) is 0. The van der Waals surface area contributed by atoms with Crippen LogP contribution in [0.3, 0.4) is 0 Å². The van der Waals surface area contributed by atoms with Gasteiger partial charge in [-0.15, -0.1) is 22.7 Å². The van der Waals surface area contributed by atoms with Crippen molar-refractivity contribution in [1.82, 2.24) is 4.57 Å². The van der Waals surface area contributed by atoms with Crippen LogP contribution in [0.15, 0.2) is 174 Å². The summed E-state index contributed by atoms with van der Waals surface area (Å²) in [5.41, 5.74) is 21.0. The Labute approximate surface area is 440 Å². The van der Waals surface area contributed by atoms with Crippen molar-refractivity contribution in [1.29, 1.82) is 0 Å². The van der Waals surface area contributed by atoms with E-state index in [1.807, 2.05) is 22.7 Å². The van der Waals surface area contributed by atoms with Crippen LogP contribution in [0.5, 0.6) is 0 Å². The second-order valence-electron chi connectivity index (χ2n) is 23.6. The maximum atomic E-state index is 6.99. The van der Waals surface area contributed by atoms with Gasteiger partial charge < -0.3 is 14.3 Å². The molecule has 3 nitrogen and oxygen atoms in total. The average molecular weight is 991 g/mol. The van der Waals surface area contributed by atoms with Gasteiger partial charge in [-0.2, -0.15) is 0 Å². The van der Waals surface area contributed by atoms with Crippen LogP contribution in [0, 0.1) is 0 Å². The third kappa shape index (κ3) is 6.56. The maximum Gasteiger partial charge on any atom is 0.198 e. The first-order valence-corrected chi connectivity index (χ1v) is 27.9. The molecule has 1 aliphatic heterocycles. The molecule has 358 valence electrons. The van der Waals surface area contributed by atoms with E-state index in [9.17, 15) is 0 Å². The quantitative estimate of drug-likeness (QED) is 0.174. The Hall–Kier alpha value is -7.38. The third-order valence-corrected chi connectivity index (χ3v) is 19.4. The lowest BCUT2D eigenvalue weighted by Gasteiger charge is -2.41. The number of rotatable bonds is 5. The highest BCUT2D eigenvalue weighted by atomic mass is 32.1. The Balaban J connectivity index is 1.02. The molecule has 0 radical (unpaired) electrons. The van der Waals surface area contributed by atoms with Crippen LogP contribution in [-0.2, 0) is 16.2 Å². The summed E-state index contributed by atoms with van der Waals surface area (Å²) in [4.78, 5) is 1.31. The molecule has 0 amide bonds. The van der Waals surface area contributed by atoms with E-state index in [2.05, 4.69) is 228 Å². The Morgan fingerprint density at radius 3 is 1.97 bits per heavy atom. The number of nitrogens with zero attached hydrogens (tertiary/aromatic N) is 1. The summed E-state index contributed by atoms with van der Waals surface area (Å²) in [7, 11) is 0.797. The Kier molecular flexibility index (Phi) is 9.29. The number of hydrogen-bond acceptors (Lipinski definition) is 4. The fourth-order valence-electron chi connectivity index (χ4n) is 12.9. The fraction of sp³-hybridized carbons (Fsp3) is 0.176. The smallest absolute Gasteiger partial charge is 0.198 e. The van der Waals surface area contributed by atoms with Gasteiger partial charge in [0.15, 0.2) is 7.28 Å². The Morgan fingerprint density at radius 2 is 1.22 bits per heavy atom. The third-order valence-electron chi connectivity index (χ3n) is 17.0. The molecule has 0 atom stereocenters. The van der Waals surface area contributed by atoms with Crippen LogP contribution in [0.4, 0.5) is 11.4 Å². The van der Waals surface area contributed by atoms with E-state index in [0.717, 1.165) is 48.0 Å². The van der Waals surface area contributed by atoms with E-state index in [4.69, 9.17) is 4.42 Å². The van der Waals surface area contributed by atoms with Gasteiger partial charge >= 0.3 is 0 Å². The minimum atomic E-state index is 0.0507.